The summed E-state index contributed by atoms with van der Waals surface area (Å²) in [5.41, 5.74) is 8.74. The van der Waals surface area contributed by atoms with E-state index in [0.717, 1.165) is 22.3 Å². The first-order valence-electron chi connectivity index (χ1n) is 6.45. The lowest BCUT2D eigenvalue weighted by Gasteiger charge is -2.09. The van der Waals surface area contributed by atoms with E-state index in [4.69, 9.17) is 5.73 Å². The minimum Gasteiger partial charge on any atom is -0.375 e. The molecule has 0 radical (unpaired) electrons. The van der Waals surface area contributed by atoms with Crippen LogP contribution in [-0.4, -0.2) is 15.9 Å². The Balaban J connectivity index is 2.02. The van der Waals surface area contributed by atoms with Crippen molar-refractivity contribution >= 4 is 39.0 Å². The first-order chi connectivity index (χ1) is 10.0. The number of anilines is 2. The molecule has 106 valence electrons. The molecule has 6 heteroatoms. The average molecular weight is 298 g/mol. The van der Waals surface area contributed by atoms with Crippen molar-refractivity contribution in [2.75, 3.05) is 11.1 Å². The van der Waals surface area contributed by atoms with Gasteiger partial charge in [0, 0.05) is 11.1 Å². The topological polar surface area (TPSA) is 80.9 Å². The van der Waals surface area contributed by atoms with Crippen LogP contribution in [0.5, 0.6) is 0 Å². The molecule has 21 heavy (non-hydrogen) atoms. The van der Waals surface area contributed by atoms with Crippen LogP contribution in [0.25, 0.3) is 10.9 Å². The maximum absolute atomic E-state index is 12.4. The number of aromatic nitrogens is 2. The number of fused-ring (bicyclic) bond motifs is 1. The van der Waals surface area contributed by atoms with Gasteiger partial charge in [-0.2, -0.15) is 0 Å². The number of amides is 1. The van der Waals surface area contributed by atoms with E-state index in [-0.39, 0.29) is 5.91 Å². The highest BCUT2D eigenvalue weighted by atomic mass is 32.1. The summed E-state index contributed by atoms with van der Waals surface area (Å²) in [4.78, 5) is 21.5. The number of hydrogen-bond donors (Lipinski definition) is 2. The van der Waals surface area contributed by atoms with Gasteiger partial charge in [-0.25, -0.2) is 4.98 Å². The number of nitrogens with zero attached hydrogens (tertiary/aromatic N) is 2. The van der Waals surface area contributed by atoms with Gasteiger partial charge in [-0.15, -0.1) is 0 Å². The molecular formula is C15H14N4OS. The maximum Gasteiger partial charge on any atom is 0.267 e. The van der Waals surface area contributed by atoms with Gasteiger partial charge in [0.2, 0.25) is 0 Å². The summed E-state index contributed by atoms with van der Waals surface area (Å²) in [6.07, 6.45) is 0. The van der Waals surface area contributed by atoms with E-state index in [2.05, 4.69) is 15.3 Å². The van der Waals surface area contributed by atoms with Crippen molar-refractivity contribution in [3.05, 3.63) is 46.6 Å². The van der Waals surface area contributed by atoms with Gasteiger partial charge in [0.15, 0.2) is 5.13 Å². The van der Waals surface area contributed by atoms with Gasteiger partial charge in [0.05, 0.1) is 16.9 Å². The molecule has 2 aromatic heterocycles. The molecule has 5 nitrogen and oxygen atoms in total. The Labute approximate surface area is 125 Å². The number of rotatable bonds is 2. The first-order valence-corrected chi connectivity index (χ1v) is 7.27. The fraction of sp³-hybridized carbons (Fsp3) is 0.133. The van der Waals surface area contributed by atoms with Crippen molar-refractivity contribution in [1.82, 2.24) is 9.97 Å². The molecule has 0 saturated carbocycles. The van der Waals surface area contributed by atoms with Crippen LogP contribution in [0, 0.1) is 13.8 Å². The van der Waals surface area contributed by atoms with Crippen molar-refractivity contribution in [3.8, 4) is 0 Å². The molecule has 0 aliphatic rings. The van der Waals surface area contributed by atoms with Gasteiger partial charge in [0.25, 0.3) is 5.91 Å². The lowest BCUT2D eigenvalue weighted by atomic mass is 10.1. The Morgan fingerprint density at radius 2 is 2.00 bits per heavy atom. The zero-order valence-electron chi connectivity index (χ0n) is 11.7. The lowest BCUT2D eigenvalue weighted by Crippen LogP contribution is -2.12. The third kappa shape index (κ3) is 2.57. The Kier molecular flexibility index (Phi) is 3.31. The summed E-state index contributed by atoms with van der Waals surface area (Å²) in [7, 11) is 0. The molecule has 0 aliphatic carbocycles. The number of thiazole rings is 1. The monoisotopic (exact) mass is 298 g/mol. The largest absolute Gasteiger partial charge is 0.375 e. The van der Waals surface area contributed by atoms with Crippen molar-refractivity contribution in [1.29, 1.82) is 0 Å². The number of nitrogens with two attached hydrogens (primary N) is 1. The summed E-state index contributed by atoms with van der Waals surface area (Å²) < 4.78 is 0. The number of nitrogen functional groups attached to an aromatic ring is 1. The number of benzene rings is 1. The standard InChI is InChI=1S/C15H14N4OS/c1-8-7-12(10-5-3-4-6-11(10)17-8)19-14(20)13-9(2)18-15(16)21-13/h3-7H,1-2H3,(H2,16,18)(H,17,19,20). The predicted molar refractivity (Wildman–Crippen MR) is 85.7 cm³/mol. The van der Waals surface area contributed by atoms with Crippen LogP contribution in [0.15, 0.2) is 30.3 Å². The highest BCUT2D eigenvalue weighted by Gasteiger charge is 2.15. The first kappa shape index (κ1) is 13.5. The zero-order valence-corrected chi connectivity index (χ0v) is 12.5. The molecule has 0 aliphatic heterocycles. The summed E-state index contributed by atoms with van der Waals surface area (Å²) in [6, 6.07) is 9.57. The summed E-state index contributed by atoms with van der Waals surface area (Å²) in [5.74, 6) is -0.197. The number of carbonyl (C=O) groups is 1. The maximum atomic E-state index is 12.4. The molecule has 0 bridgehead atoms. The molecule has 3 aromatic rings. The van der Waals surface area contributed by atoms with Crippen LogP contribution in [-0.2, 0) is 0 Å². The van der Waals surface area contributed by atoms with E-state index in [1.807, 2.05) is 37.3 Å². The molecule has 0 unspecified atom stereocenters. The number of hydrogen-bond acceptors (Lipinski definition) is 5. The van der Waals surface area contributed by atoms with Crippen molar-refractivity contribution in [3.63, 3.8) is 0 Å². The Bertz CT molecular complexity index is 841. The third-order valence-electron chi connectivity index (χ3n) is 3.11. The number of carbonyl (C=O) groups excluding carboxylic acids is 1. The van der Waals surface area contributed by atoms with Gasteiger partial charge in [0.1, 0.15) is 4.88 Å². The Morgan fingerprint density at radius 1 is 1.24 bits per heavy atom. The molecular weight excluding hydrogens is 284 g/mol. The highest BCUT2D eigenvalue weighted by Crippen LogP contribution is 2.25. The normalized spacial score (nSPS) is 10.8. The smallest absolute Gasteiger partial charge is 0.267 e. The fourth-order valence-corrected chi connectivity index (χ4v) is 2.95. The van der Waals surface area contributed by atoms with Gasteiger partial charge in [-0.05, 0) is 26.0 Å². The van der Waals surface area contributed by atoms with Crippen molar-refractivity contribution in [2.45, 2.75) is 13.8 Å². The molecule has 0 atom stereocenters. The number of pyridine rings is 1. The molecule has 1 aromatic carbocycles. The van der Waals surface area contributed by atoms with E-state index in [1.54, 1.807) is 6.92 Å². The fourth-order valence-electron chi connectivity index (χ4n) is 2.22. The summed E-state index contributed by atoms with van der Waals surface area (Å²) in [5, 5.41) is 4.24. The van der Waals surface area contributed by atoms with E-state index in [0.29, 0.717) is 15.7 Å². The Morgan fingerprint density at radius 3 is 2.71 bits per heavy atom. The third-order valence-corrected chi connectivity index (χ3v) is 4.10. The second-order valence-corrected chi connectivity index (χ2v) is 5.78. The predicted octanol–water partition coefficient (Wildman–Crippen LogP) is 3.14. The molecule has 0 spiro atoms. The molecule has 1 amide bonds. The van der Waals surface area contributed by atoms with E-state index < -0.39 is 0 Å². The SMILES string of the molecule is Cc1cc(NC(=O)c2sc(N)nc2C)c2ccccc2n1. The van der Waals surface area contributed by atoms with Crippen LogP contribution >= 0.6 is 11.3 Å². The summed E-state index contributed by atoms with van der Waals surface area (Å²) in [6.45, 7) is 3.68. The molecule has 0 fully saturated rings. The second-order valence-electron chi connectivity index (χ2n) is 4.75. The van der Waals surface area contributed by atoms with E-state index in [9.17, 15) is 4.79 Å². The Hall–Kier alpha value is -2.47. The molecule has 3 rings (SSSR count). The molecule has 0 saturated heterocycles. The van der Waals surface area contributed by atoms with Crippen LogP contribution < -0.4 is 11.1 Å². The van der Waals surface area contributed by atoms with Gasteiger partial charge >= 0.3 is 0 Å². The quantitative estimate of drug-likeness (QED) is 0.761. The van der Waals surface area contributed by atoms with Crippen molar-refractivity contribution < 1.29 is 4.79 Å². The second kappa shape index (κ2) is 5.14. The van der Waals surface area contributed by atoms with Crippen LogP contribution in [0.2, 0.25) is 0 Å². The van der Waals surface area contributed by atoms with E-state index in [1.165, 1.54) is 11.3 Å². The lowest BCUT2D eigenvalue weighted by molar-refractivity contribution is 0.103. The van der Waals surface area contributed by atoms with Gasteiger partial charge < -0.3 is 11.1 Å². The van der Waals surface area contributed by atoms with Crippen LogP contribution in [0.4, 0.5) is 10.8 Å². The highest BCUT2D eigenvalue weighted by molar-refractivity contribution is 7.17. The van der Waals surface area contributed by atoms with Crippen molar-refractivity contribution in [2.24, 2.45) is 0 Å². The number of aryl methyl sites for hydroxylation is 2. The van der Waals surface area contributed by atoms with Gasteiger partial charge in [-0.3, -0.25) is 9.78 Å². The number of para-hydroxylation sites is 1. The zero-order chi connectivity index (χ0) is 15.0. The van der Waals surface area contributed by atoms with Crippen LogP contribution in [0.1, 0.15) is 21.1 Å². The average Bonchev–Trinajstić information content (AvgIpc) is 2.77. The van der Waals surface area contributed by atoms with E-state index >= 15 is 0 Å². The summed E-state index contributed by atoms with van der Waals surface area (Å²) >= 11 is 1.19. The van der Waals surface area contributed by atoms with Crippen LogP contribution in [0.3, 0.4) is 0 Å². The minimum atomic E-state index is -0.197. The molecule has 3 N–H and O–H groups in total. The number of nitrogens with one attached hydrogen (secondary N) is 1. The van der Waals surface area contributed by atoms with Gasteiger partial charge in [-0.1, -0.05) is 29.5 Å². The minimum absolute atomic E-state index is 0.197. The molecule has 2 heterocycles.